The van der Waals surface area contributed by atoms with Gasteiger partial charge in [0.25, 0.3) is 5.69 Å². The largest absolute Gasteiger partial charge is 0.485 e. The van der Waals surface area contributed by atoms with Gasteiger partial charge < -0.3 is 10.1 Å². The molecule has 0 aliphatic heterocycles. The van der Waals surface area contributed by atoms with Gasteiger partial charge in [0.05, 0.1) is 16.4 Å². The summed E-state index contributed by atoms with van der Waals surface area (Å²) >= 11 is 1.22. The quantitative estimate of drug-likeness (QED) is 0.211. The van der Waals surface area contributed by atoms with Gasteiger partial charge in [-0.15, -0.1) is 16.8 Å². The van der Waals surface area contributed by atoms with Crippen LogP contribution in [0, 0.1) is 24.0 Å². The van der Waals surface area contributed by atoms with Crippen molar-refractivity contribution in [2.75, 3.05) is 11.1 Å². The number of benzene rings is 2. The zero-order chi connectivity index (χ0) is 23.1. The van der Waals surface area contributed by atoms with Gasteiger partial charge in [0.2, 0.25) is 5.91 Å². The lowest BCUT2D eigenvalue weighted by Crippen LogP contribution is -2.16. The maximum atomic E-state index is 12.4. The molecule has 0 saturated carbocycles. The fourth-order valence-electron chi connectivity index (χ4n) is 2.88. The normalized spacial score (nSPS) is 10.6. The van der Waals surface area contributed by atoms with Gasteiger partial charge in [-0.3, -0.25) is 19.5 Å². The van der Waals surface area contributed by atoms with Crippen molar-refractivity contribution in [1.29, 1.82) is 0 Å². The summed E-state index contributed by atoms with van der Waals surface area (Å²) in [6.45, 7) is 8.20. The molecule has 1 N–H and O–H groups in total. The summed E-state index contributed by atoms with van der Waals surface area (Å²) < 4.78 is 7.71. The highest BCUT2D eigenvalue weighted by Crippen LogP contribution is 2.24. The number of hydrogen-bond acceptors (Lipinski definition) is 7. The number of nitrogens with zero attached hydrogens (tertiary/aromatic N) is 4. The molecule has 3 rings (SSSR count). The number of aromatic nitrogens is 3. The van der Waals surface area contributed by atoms with Crippen LogP contribution in [0.15, 0.2) is 60.3 Å². The molecule has 0 saturated heterocycles. The number of ether oxygens (including phenoxy) is 1. The molecule has 0 unspecified atom stereocenters. The van der Waals surface area contributed by atoms with Crippen LogP contribution < -0.4 is 10.1 Å². The van der Waals surface area contributed by atoms with E-state index in [-0.39, 0.29) is 24.0 Å². The Hall–Kier alpha value is -3.66. The summed E-state index contributed by atoms with van der Waals surface area (Å²) in [5.74, 6) is 1.15. The number of aryl methyl sites for hydroxylation is 2. The first kappa shape index (κ1) is 23.0. The number of amides is 1. The molecule has 9 nitrogen and oxygen atoms in total. The molecule has 0 spiro atoms. The summed E-state index contributed by atoms with van der Waals surface area (Å²) in [6.07, 6.45) is 1.72. The first-order valence-electron chi connectivity index (χ1n) is 9.78. The molecule has 1 amide bonds. The molecule has 2 aromatic carbocycles. The average Bonchev–Trinajstić information content (AvgIpc) is 3.15. The van der Waals surface area contributed by atoms with Crippen LogP contribution in [0.5, 0.6) is 5.75 Å². The molecule has 0 aliphatic carbocycles. The number of non-ortho nitro benzene ring substituents is 1. The van der Waals surface area contributed by atoms with Crippen molar-refractivity contribution >= 4 is 29.0 Å². The van der Waals surface area contributed by atoms with E-state index in [1.54, 1.807) is 19.1 Å². The van der Waals surface area contributed by atoms with Crippen LogP contribution in [0.4, 0.5) is 11.4 Å². The molecular formula is C22H23N5O4S. The topological polar surface area (TPSA) is 112 Å². The van der Waals surface area contributed by atoms with Crippen molar-refractivity contribution in [3.05, 3.63) is 82.2 Å². The van der Waals surface area contributed by atoms with Crippen molar-refractivity contribution in [2.24, 2.45) is 0 Å². The lowest BCUT2D eigenvalue weighted by molar-refractivity contribution is -0.384. The van der Waals surface area contributed by atoms with Crippen molar-refractivity contribution in [3.63, 3.8) is 0 Å². The molecule has 0 radical (unpaired) electrons. The van der Waals surface area contributed by atoms with E-state index in [0.717, 1.165) is 16.9 Å². The van der Waals surface area contributed by atoms with Crippen LogP contribution in [0.2, 0.25) is 0 Å². The molecule has 0 aliphatic rings. The maximum Gasteiger partial charge on any atom is 0.271 e. The van der Waals surface area contributed by atoms with E-state index >= 15 is 0 Å². The predicted molar refractivity (Wildman–Crippen MR) is 123 cm³/mol. The number of hydrogen-bond donors (Lipinski definition) is 1. The molecule has 0 bridgehead atoms. The lowest BCUT2D eigenvalue weighted by atomic mass is 10.2. The zero-order valence-corrected chi connectivity index (χ0v) is 18.6. The minimum atomic E-state index is -0.498. The van der Waals surface area contributed by atoms with Crippen LogP contribution in [0.3, 0.4) is 0 Å². The van der Waals surface area contributed by atoms with Crippen molar-refractivity contribution in [3.8, 4) is 5.75 Å². The third-order valence-corrected chi connectivity index (χ3v) is 5.56. The summed E-state index contributed by atoms with van der Waals surface area (Å²) in [4.78, 5) is 22.9. The number of rotatable bonds is 10. The first-order chi connectivity index (χ1) is 15.4. The van der Waals surface area contributed by atoms with E-state index < -0.39 is 4.92 Å². The van der Waals surface area contributed by atoms with Crippen molar-refractivity contribution in [2.45, 2.75) is 32.2 Å². The van der Waals surface area contributed by atoms with E-state index in [9.17, 15) is 14.9 Å². The Bertz CT molecular complexity index is 1150. The Morgan fingerprint density at radius 2 is 2.03 bits per heavy atom. The number of nitro benzene ring substituents is 1. The highest BCUT2D eigenvalue weighted by molar-refractivity contribution is 7.99. The second-order valence-electron chi connectivity index (χ2n) is 6.95. The van der Waals surface area contributed by atoms with Gasteiger partial charge >= 0.3 is 0 Å². The molecule has 3 aromatic rings. The van der Waals surface area contributed by atoms with Gasteiger partial charge in [0.15, 0.2) is 11.0 Å². The number of anilines is 1. The number of thioether (sulfide) groups is 1. The third kappa shape index (κ3) is 5.73. The van der Waals surface area contributed by atoms with Gasteiger partial charge in [-0.05, 0) is 31.0 Å². The Labute approximate surface area is 189 Å². The van der Waals surface area contributed by atoms with E-state index in [2.05, 4.69) is 22.1 Å². The van der Waals surface area contributed by atoms with Crippen LogP contribution in [-0.2, 0) is 17.9 Å². The van der Waals surface area contributed by atoms with E-state index in [1.165, 1.54) is 23.9 Å². The van der Waals surface area contributed by atoms with Crippen LogP contribution in [0.25, 0.3) is 0 Å². The van der Waals surface area contributed by atoms with Crippen molar-refractivity contribution < 1.29 is 14.5 Å². The second kappa shape index (κ2) is 10.6. The maximum absolute atomic E-state index is 12.4. The Morgan fingerprint density at radius 3 is 2.75 bits per heavy atom. The highest BCUT2D eigenvalue weighted by atomic mass is 32.2. The summed E-state index contributed by atoms with van der Waals surface area (Å²) in [6, 6.07) is 12.0. The van der Waals surface area contributed by atoms with Crippen LogP contribution in [0.1, 0.15) is 17.0 Å². The number of nitrogens with one attached hydrogen (secondary N) is 1. The monoisotopic (exact) mass is 453 g/mol. The Kier molecular flexibility index (Phi) is 7.61. The molecule has 10 heteroatoms. The van der Waals surface area contributed by atoms with Crippen LogP contribution >= 0.6 is 11.8 Å². The molecule has 1 aromatic heterocycles. The van der Waals surface area contributed by atoms with Gasteiger partial charge in [-0.25, -0.2) is 0 Å². The van der Waals surface area contributed by atoms with Gasteiger partial charge in [0.1, 0.15) is 12.4 Å². The number of para-hydroxylation sites is 1. The molecule has 0 fully saturated rings. The average molecular weight is 454 g/mol. The summed E-state index contributed by atoms with van der Waals surface area (Å²) in [5, 5.41) is 22.6. The predicted octanol–water partition coefficient (Wildman–Crippen LogP) is 4.30. The zero-order valence-electron chi connectivity index (χ0n) is 17.8. The number of nitro groups is 1. The molecule has 32 heavy (non-hydrogen) atoms. The Morgan fingerprint density at radius 1 is 1.25 bits per heavy atom. The summed E-state index contributed by atoms with van der Waals surface area (Å²) in [5.41, 5.74) is 2.08. The molecule has 0 atom stereocenters. The molecule has 166 valence electrons. The molecule has 1 heterocycles. The van der Waals surface area contributed by atoms with Crippen molar-refractivity contribution in [1.82, 2.24) is 14.8 Å². The van der Waals surface area contributed by atoms with E-state index in [1.807, 2.05) is 35.8 Å². The first-order valence-corrected chi connectivity index (χ1v) is 10.8. The standard InChI is InChI=1S/C22H23N5O4S/c1-4-11-26-20(13-31-19-8-6-5-7-16(19)3)24-25-22(26)32-14-21(28)23-18-12-17(27(29)30)10-9-15(18)2/h4-10,12H,1,11,13-14H2,2-3H3,(H,23,28). The smallest absolute Gasteiger partial charge is 0.271 e. The number of carbonyl (C=O) groups is 1. The Balaban J connectivity index is 1.65. The number of allylic oxidation sites excluding steroid dienone is 1. The fourth-order valence-corrected chi connectivity index (χ4v) is 3.65. The minimum Gasteiger partial charge on any atom is -0.485 e. The van der Waals surface area contributed by atoms with E-state index in [4.69, 9.17) is 4.74 Å². The third-order valence-electron chi connectivity index (χ3n) is 4.59. The molecular weight excluding hydrogens is 430 g/mol. The minimum absolute atomic E-state index is 0.0655. The second-order valence-corrected chi connectivity index (χ2v) is 7.89. The SMILES string of the molecule is C=CCn1c(COc2ccccc2C)nnc1SCC(=O)Nc1cc([N+](=O)[O-])ccc1C. The van der Waals surface area contributed by atoms with E-state index in [0.29, 0.717) is 23.2 Å². The van der Waals surface area contributed by atoms with Gasteiger partial charge in [-0.1, -0.05) is 42.1 Å². The van der Waals surface area contributed by atoms with Crippen LogP contribution in [-0.4, -0.2) is 31.3 Å². The van der Waals surface area contributed by atoms with Gasteiger partial charge in [-0.2, -0.15) is 0 Å². The summed E-state index contributed by atoms with van der Waals surface area (Å²) in [7, 11) is 0. The lowest BCUT2D eigenvalue weighted by Gasteiger charge is -2.11. The highest BCUT2D eigenvalue weighted by Gasteiger charge is 2.16. The number of carbonyl (C=O) groups excluding carboxylic acids is 1. The fraction of sp³-hybridized carbons (Fsp3) is 0.227. The van der Waals surface area contributed by atoms with Gasteiger partial charge in [0, 0.05) is 18.7 Å².